The third-order valence-electron chi connectivity index (χ3n) is 4.82. The molecule has 1 heterocycles. The fourth-order valence-corrected chi connectivity index (χ4v) is 3.15. The summed E-state index contributed by atoms with van der Waals surface area (Å²) < 4.78 is 5.88. The highest BCUT2D eigenvalue weighted by Crippen LogP contribution is 2.16. The molecule has 1 fully saturated rings. The average molecular weight is 338 g/mol. The number of benzene rings is 2. The molecule has 3 nitrogen and oxygen atoms in total. The Kier molecular flexibility index (Phi) is 6.62. The van der Waals surface area contributed by atoms with E-state index in [4.69, 9.17) is 4.74 Å². The summed E-state index contributed by atoms with van der Waals surface area (Å²) in [5, 5.41) is 3.40. The standard InChI is InChI=1S/C22H30N2O/c1-18(2)22-9-7-21(8-10-22)17-25-16-20-5-3-19(4-6-20)15-24-13-11-23-12-14-24/h3-10,18,23H,11-17H2,1-2H3. The zero-order chi connectivity index (χ0) is 17.5. The molecule has 1 aliphatic heterocycles. The third-order valence-corrected chi connectivity index (χ3v) is 4.82. The predicted molar refractivity (Wildman–Crippen MR) is 104 cm³/mol. The second-order valence-corrected chi connectivity index (χ2v) is 7.23. The van der Waals surface area contributed by atoms with Crippen LogP contribution in [0.4, 0.5) is 0 Å². The summed E-state index contributed by atoms with van der Waals surface area (Å²) >= 11 is 0. The highest BCUT2D eigenvalue weighted by atomic mass is 16.5. The van der Waals surface area contributed by atoms with E-state index in [1.54, 1.807) is 0 Å². The van der Waals surface area contributed by atoms with Gasteiger partial charge >= 0.3 is 0 Å². The van der Waals surface area contributed by atoms with Crippen molar-refractivity contribution in [2.45, 2.75) is 39.5 Å². The minimum absolute atomic E-state index is 0.578. The van der Waals surface area contributed by atoms with Crippen molar-refractivity contribution in [3.05, 3.63) is 70.8 Å². The van der Waals surface area contributed by atoms with Crippen LogP contribution in [0.3, 0.4) is 0 Å². The van der Waals surface area contributed by atoms with Crippen molar-refractivity contribution in [1.82, 2.24) is 10.2 Å². The van der Waals surface area contributed by atoms with Crippen LogP contribution in [0.25, 0.3) is 0 Å². The second kappa shape index (κ2) is 9.14. The van der Waals surface area contributed by atoms with Gasteiger partial charge < -0.3 is 10.1 Å². The van der Waals surface area contributed by atoms with Crippen molar-refractivity contribution < 1.29 is 4.74 Å². The van der Waals surface area contributed by atoms with Crippen molar-refractivity contribution in [3.8, 4) is 0 Å². The van der Waals surface area contributed by atoms with Crippen molar-refractivity contribution >= 4 is 0 Å². The Hall–Kier alpha value is -1.68. The molecule has 0 aliphatic carbocycles. The maximum absolute atomic E-state index is 5.88. The van der Waals surface area contributed by atoms with Crippen molar-refractivity contribution in [2.24, 2.45) is 0 Å². The fraction of sp³-hybridized carbons (Fsp3) is 0.455. The van der Waals surface area contributed by atoms with Gasteiger partial charge in [0, 0.05) is 32.7 Å². The Morgan fingerprint density at radius 1 is 0.840 bits per heavy atom. The molecule has 0 bridgehead atoms. The number of ether oxygens (including phenoxy) is 1. The Labute approximate surface area is 152 Å². The first-order valence-electron chi connectivity index (χ1n) is 9.38. The summed E-state index contributed by atoms with van der Waals surface area (Å²) in [6, 6.07) is 17.6. The van der Waals surface area contributed by atoms with Crippen LogP contribution in [-0.4, -0.2) is 31.1 Å². The van der Waals surface area contributed by atoms with Crippen LogP contribution in [0, 0.1) is 0 Å². The summed E-state index contributed by atoms with van der Waals surface area (Å²) in [5.41, 5.74) is 5.24. The first-order chi connectivity index (χ1) is 12.2. The molecule has 1 saturated heterocycles. The van der Waals surface area contributed by atoms with Crippen LogP contribution in [-0.2, 0) is 24.5 Å². The molecule has 0 radical (unpaired) electrons. The van der Waals surface area contributed by atoms with E-state index in [1.165, 1.54) is 22.3 Å². The van der Waals surface area contributed by atoms with E-state index < -0.39 is 0 Å². The molecule has 3 rings (SSSR count). The lowest BCUT2D eigenvalue weighted by atomic mass is 10.0. The van der Waals surface area contributed by atoms with Gasteiger partial charge in [-0.1, -0.05) is 62.4 Å². The molecule has 25 heavy (non-hydrogen) atoms. The van der Waals surface area contributed by atoms with Crippen LogP contribution in [0.15, 0.2) is 48.5 Å². The molecular weight excluding hydrogens is 308 g/mol. The topological polar surface area (TPSA) is 24.5 Å². The van der Waals surface area contributed by atoms with Gasteiger partial charge in [0.2, 0.25) is 0 Å². The molecular formula is C22H30N2O. The molecule has 0 aromatic heterocycles. The highest BCUT2D eigenvalue weighted by Gasteiger charge is 2.09. The molecule has 2 aromatic carbocycles. The van der Waals surface area contributed by atoms with E-state index in [-0.39, 0.29) is 0 Å². The predicted octanol–water partition coefficient (Wildman–Crippen LogP) is 3.93. The molecule has 0 saturated carbocycles. The number of rotatable bonds is 7. The van der Waals surface area contributed by atoms with E-state index in [1.807, 2.05) is 0 Å². The average Bonchev–Trinajstić information content (AvgIpc) is 2.64. The summed E-state index contributed by atoms with van der Waals surface area (Å²) in [7, 11) is 0. The summed E-state index contributed by atoms with van der Waals surface area (Å²) in [4.78, 5) is 2.50. The van der Waals surface area contributed by atoms with Gasteiger partial charge in [0.25, 0.3) is 0 Å². The smallest absolute Gasteiger partial charge is 0.0721 e. The first-order valence-corrected chi connectivity index (χ1v) is 9.38. The maximum Gasteiger partial charge on any atom is 0.0721 e. The summed E-state index contributed by atoms with van der Waals surface area (Å²) in [5.74, 6) is 0.578. The molecule has 3 heteroatoms. The minimum atomic E-state index is 0.578. The molecule has 1 N–H and O–H groups in total. The zero-order valence-electron chi connectivity index (χ0n) is 15.5. The van der Waals surface area contributed by atoms with Crippen LogP contribution < -0.4 is 5.32 Å². The van der Waals surface area contributed by atoms with Gasteiger partial charge in [0.15, 0.2) is 0 Å². The number of piperazine rings is 1. The molecule has 0 atom stereocenters. The van der Waals surface area contributed by atoms with E-state index in [0.29, 0.717) is 19.1 Å². The lowest BCUT2D eigenvalue weighted by Gasteiger charge is -2.27. The monoisotopic (exact) mass is 338 g/mol. The molecule has 0 unspecified atom stereocenters. The summed E-state index contributed by atoms with van der Waals surface area (Å²) in [6.45, 7) is 11.3. The van der Waals surface area contributed by atoms with E-state index in [9.17, 15) is 0 Å². The maximum atomic E-state index is 5.88. The fourth-order valence-electron chi connectivity index (χ4n) is 3.15. The van der Waals surface area contributed by atoms with E-state index in [2.05, 4.69) is 72.6 Å². The number of hydrogen-bond acceptors (Lipinski definition) is 3. The zero-order valence-corrected chi connectivity index (χ0v) is 15.5. The second-order valence-electron chi connectivity index (χ2n) is 7.23. The largest absolute Gasteiger partial charge is 0.372 e. The molecule has 134 valence electrons. The first kappa shape index (κ1) is 18.1. The molecule has 0 spiro atoms. The van der Waals surface area contributed by atoms with E-state index >= 15 is 0 Å². The van der Waals surface area contributed by atoms with Crippen molar-refractivity contribution in [3.63, 3.8) is 0 Å². The van der Waals surface area contributed by atoms with Crippen LogP contribution >= 0.6 is 0 Å². The molecule has 0 amide bonds. The van der Waals surface area contributed by atoms with Gasteiger partial charge in [0.05, 0.1) is 13.2 Å². The van der Waals surface area contributed by atoms with Gasteiger partial charge in [-0.05, 0) is 28.2 Å². The van der Waals surface area contributed by atoms with Crippen molar-refractivity contribution in [2.75, 3.05) is 26.2 Å². The SMILES string of the molecule is CC(C)c1ccc(COCc2ccc(CN3CCNCC3)cc2)cc1. The van der Waals surface area contributed by atoms with Gasteiger partial charge in [-0.2, -0.15) is 0 Å². The Bertz CT molecular complexity index is 628. The third kappa shape index (κ3) is 5.67. The lowest BCUT2D eigenvalue weighted by molar-refractivity contribution is 0.107. The van der Waals surface area contributed by atoms with Gasteiger partial charge in [0.1, 0.15) is 0 Å². The van der Waals surface area contributed by atoms with E-state index in [0.717, 1.165) is 32.7 Å². The summed E-state index contributed by atoms with van der Waals surface area (Å²) in [6.07, 6.45) is 0. The van der Waals surface area contributed by atoms with Gasteiger partial charge in [-0.3, -0.25) is 4.90 Å². The number of nitrogens with one attached hydrogen (secondary N) is 1. The molecule has 1 aliphatic rings. The quantitative estimate of drug-likeness (QED) is 0.828. The van der Waals surface area contributed by atoms with Crippen molar-refractivity contribution in [1.29, 1.82) is 0 Å². The minimum Gasteiger partial charge on any atom is -0.372 e. The number of nitrogens with zero attached hydrogens (tertiary/aromatic N) is 1. The Morgan fingerprint density at radius 2 is 1.36 bits per heavy atom. The van der Waals surface area contributed by atoms with Gasteiger partial charge in [-0.15, -0.1) is 0 Å². The van der Waals surface area contributed by atoms with Crippen LogP contribution in [0.1, 0.15) is 42.0 Å². The van der Waals surface area contributed by atoms with Crippen LogP contribution in [0.2, 0.25) is 0 Å². The number of hydrogen-bond donors (Lipinski definition) is 1. The molecule has 2 aromatic rings. The van der Waals surface area contributed by atoms with Gasteiger partial charge in [-0.25, -0.2) is 0 Å². The van der Waals surface area contributed by atoms with Crippen LogP contribution in [0.5, 0.6) is 0 Å². The normalized spacial score (nSPS) is 15.6. The Balaban J connectivity index is 1.43. The highest BCUT2D eigenvalue weighted by molar-refractivity contribution is 5.24. The Morgan fingerprint density at radius 3 is 1.92 bits per heavy atom. The lowest BCUT2D eigenvalue weighted by Crippen LogP contribution is -2.42.